The fraction of sp³-hybridized carbons (Fsp3) is 0.316. The van der Waals surface area contributed by atoms with Crippen LogP contribution in [0.1, 0.15) is 17.9 Å². The molecule has 6 nitrogen and oxygen atoms in total. The number of likely N-dealkylation sites (tertiary alicyclic amines) is 1. The summed E-state index contributed by atoms with van der Waals surface area (Å²) in [4.78, 5) is 13.0. The van der Waals surface area contributed by atoms with Gasteiger partial charge >= 0.3 is 5.97 Å². The van der Waals surface area contributed by atoms with E-state index in [2.05, 4.69) is 4.74 Å². The Morgan fingerprint density at radius 1 is 1.26 bits per heavy atom. The fourth-order valence-electron chi connectivity index (χ4n) is 3.28. The van der Waals surface area contributed by atoms with Gasteiger partial charge < -0.3 is 9.84 Å². The Hall–Kier alpha value is -2.45. The van der Waals surface area contributed by atoms with Crippen molar-refractivity contribution in [1.82, 2.24) is 4.90 Å². The molecule has 0 radical (unpaired) electrons. The minimum atomic E-state index is -3.93. The number of sulfone groups is 1. The number of hydrogen-bond donors (Lipinski definition) is 1. The van der Waals surface area contributed by atoms with Crippen molar-refractivity contribution in [3.63, 3.8) is 0 Å². The number of hydrogen-bond acceptors (Lipinski definition) is 6. The molecule has 1 atom stereocenters. The number of benzene rings is 2. The third kappa shape index (κ3) is 4.12. The van der Waals surface area contributed by atoms with Gasteiger partial charge in [-0.3, -0.25) is 9.69 Å². The van der Waals surface area contributed by atoms with E-state index in [0.717, 1.165) is 12.5 Å². The summed E-state index contributed by atoms with van der Waals surface area (Å²) in [7, 11) is -2.59. The van der Waals surface area contributed by atoms with E-state index in [1.807, 2.05) is 4.90 Å². The van der Waals surface area contributed by atoms with Gasteiger partial charge in [0, 0.05) is 12.5 Å². The molecule has 1 fully saturated rings. The van der Waals surface area contributed by atoms with Gasteiger partial charge in [0.25, 0.3) is 0 Å². The van der Waals surface area contributed by atoms with Crippen LogP contribution >= 0.6 is 0 Å². The van der Waals surface area contributed by atoms with Crippen LogP contribution < -0.4 is 0 Å². The van der Waals surface area contributed by atoms with Crippen LogP contribution in [0.2, 0.25) is 0 Å². The molecular weight excluding hydrogens is 373 g/mol. The van der Waals surface area contributed by atoms with E-state index >= 15 is 0 Å². The summed E-state index contributed by atoms with van der Waals surface area (Å²) in [5.74, 6) is -1.11. The smallest absolute Gasteiger partial charge is 0.319 e. The second-order valence-corrected chi connectivity index (χ2v) is 8.43. The molecule has 3 rings (SSSR count). The molecule has 0 amide bonds. The zero-order valence-corrected chi connectivity index (χ0v) is 15.6. The first kappa shape index (κ1) is 19.3. The lowest BCUT2D eigenvalue weighted by atomic mass is 9.97. The van der Waals surface area contributed by atoms with Crippen LogP contribution in [0, 0.1) is 5.82 Å². The first-order valence-corrected chi connectivity index (χ1v) is 9.92. The van der Waals surface area contributed by atoms with Crippen LogP contribution in [0.25, 0.3) is 0 Å². The molecule has 2 aromatic rings. The van der Waals surface area contributed by atoms with E-state index in [-0.39, 0.29) is 34.0 Å². The summed E-state index contributed by atoms with van der Waals surface area (Å²) in [6, 6.07) is 8.93. The lowest BCUT2D eigenvalue weighted by molar-refractivity contribution is -0.141. The Balaban J connectivity index is 1.81. The predicted molar refractivity (Wildman–Crippen MR) is 95.8 cm³/mol. The van der Waals surface area contributed by atoms with Crippen LogP contribution in [0.3, 0.4) is 0 Å². The highest BCUT2D eigenvalue weighted by molar-refractivity contribution is 7.91. The average Bonchev–Trinajstić information content (AvgIpc) is 3.09. The van der Waals surface area contributed by atoms with Crippen molar-refractivity contribution in [2.75, 3.05) is 26.7 Å². The number of halogens is 1. The molecular formula is C19H20FNO5S. The number of aromatic hydroxyl groups is 1. The fourth-order valence-corrected chi connectivity index (χ4v) is 4.59. The van der Waals surface area contributed by atoms with Crippen molar-refractivity contribution in [3.05, 3.63) is 53.8 Å². The summed E-state index contributed by atoms with van der Waals surface area (Å²) in [5, 5.41) is 10.4. The largest absolute Gasteiger partial charge is 0.508 e. The zero-order chi connectivity index (χ0) is 19.6. The van der Waals surface area contributed by atoms with E-state index in [1.165, 1.54) is 37.4 Å². The van der Waals surface area contributed by atoms with Gasteiger partial charge in [0.05, 0.1) is 23.4 Å². The number of rotatable bonds is 5. The Morgan fingerprint density at radius 2 is 2.00 bits per heavy atom. The molecule has 0 spiro atoms. The molecule has 0 saturated carbocycles. The highest BCUT2D eigenvalue weighted by atomic mass is 32.2. The summed E-state index contributed by atoms with van der Waals surface area (Å²) in [6.45, 7) is 1.43. The molecule has 0 aromatic heterocycles. The number of carbonyl (C=O) groups excluding carboxylic acids is 1. The monoisotopic (exact) mass is 393 g/mol. The number of methoxy groups -OCH3 is 1. The summed E-state index contributed by atoms with van der Waals surface area (Å²) < 4.78 is 43.3. The van der Waals surface area contributed by atoms with Crippen molar-refractivity contribution in [2.24, 2.45) is 0 Å². The maximum atomic E-state index is 13.4. The highest BCUT2D eigenvalue weighted by Crippen LogP contribution is 2.35. The predicted octanol–water partition coefficient (Wildman–Crippen LogP) is 2.33. The van der Waals surface area contributed by atoms with Gasteiger partial charge in [0.2, 0.25) is 9.84 Å². The molecule has 0 bridgehead atoms. The Kier molecular flexibility index (Phi) is 5.48. The molecule has 2 aromatic carbocycles. The molecule has 0 aliphatic carbocycles. The number of phenolic OH excluding ortho intramolecular Hbond substituents is 1. The van der Waals surface area contributed by atoms with Gasteiger partial charge in [-0.1, -0.05) is 12.1 Å². The molecule has 1 unspecified atom stereocenters. The zero-order valence-electron chi connectivity index (χ0n) is 14.8. The molecule has 144 valence electrons. The van der Waals surface area contributed by atoms with Gasteiger partial charge in [-0.15, -0.1) is 0 Å². The molecule has 1 N–H and O–H groups in total. The maximum Gasteiger partial charge on any atom is 0.319 e. The van der Waals surface area contributed by atoms with Crippen molar-refractivity contribution < 1.29 is 27.4 Å². The minimum Gasteiger partial charge on any atom is -0.508 e. The SMILES string of the molecule is COC(=O)CN1CCC(c2ccc(S(=O)(=O)c3cccc(F)c3)cc2O)C1. The topological polar surface area (TPSA) is 83.9 Å². The number of phenols is 1. The lowest BCUT2D eigenvalue weighted by Crippen LogP contribution is -2.28. The lowest BCUT2D eigenvalue weighted by Gasteiger charge is -2.16. The van der Waals surface area contributed by atoms with Crippen LogP contribution in [-0.4, -0.2) is 51.1 Å². The molecule has 1 heterocycles. The van der Waals surface area contributed by atoms with Gasteiger partial charge in [-0.05, 0) is 48.9 Å². The normalized spacial score (nSPS) is 17.8. The third-order valence-corrected chi connectivity index (χ3v) is 6.46. The minimum absolute atomic E-state index is 0.0134. The number of nitrogens with zero attached hydrogens (tertiary/aromatic N) is 1. The van der Waals surface area contributed by atoms with Crippen LogP contribution in [0.4, 0.5) is 4.39 Å². The second kappa shape index (κ2) is 7.66. The first-order valence-electron chi connectivity index (χ1n) is 8.44. The van der Waals surface area contributed by atoms with E-state index in [0.29, 0.717) is 18.7 Å². The number of esters is 1. The van der Waals surface area contributed by atoms with Crippen LogP contribution in [0.15, 0.2) is 52.3 Å². The highest BCUT2D eigenvalue weighted by Gasteiger charge is 2.28. The molecule has 27 heavy (non-hydrogen) atoms. The maximum absolute atomic E-state index is 13.4. The van der Waals surface area contributed by atoms with Crippen molar-refractivity contribution >= 4 is 15.8 Å². The Bertz CT molecular complexity index is 960. The van der Waals surface area contributed by atoms with E-state index < -0.39 is 15.7 Å². The van der Waals surface area contributed by atoms with Crippen molar-refractivity contribution in [1.29, 1.82) is 0 Å². The molecule has 1 saturated heterocycles. The standard InChI is InChI=1S/C19H20FNO5S/c1-26-19(23)12-21-8-7-13(11-21)17-6-5-16(10-18(17)22)27(24,25)15-4-2-3-14(20)9-15/h2-6,9-10,13,22H,7-8,11-12H2,1H3. The van der Waals surface area contributed by atoms with E-state index in [4.69, 9.17) is 0 Å². The quantitative estimate of drug-likeness (QED) is 0.785. The van der Waals surface area contributed by atoms with Gasteiger partial charge in [0.1, 0.15) is 11.6 Å². The average molecular weight is 393 g/mol. The Labute approximate surface area is 157 Å². The van der Waals surface area contributed by atoms with Gasteiger partial charge in [0.15, 0.2) is 0 Å². The third-order valence-electron chi connectivity index (χ3n) is 4.71. The summed E-state index contributed by atoms with van der Waals surface area (Å²) >= 11 is 0. The molecule has 8 heteroatoms. The molecule has 1 aliphatic rings. The van der Waals surface area contributed by atoms with Gasteiger partial charge in [-0.2, -0.15) is 0 Å². The summed E-state index contributed by atoms with van der Waals surface area (Å²) in [5.41, 5.74) is 0.626. The van der Waals surface area contributed by atoms with Gasteiger partial charge in [-0.25, -0.2) is 12.8 Å². The molecule has 1 aliphatic heterocycles. The summed E-state index contributed by atoms with van der Waals surface area (Å²) in [6.07, 6.45) is 0.737. The number of ether oxygens (including phenoxy) is 1. The second-order valence-electron chi connectivity index (χ2n) is 6.48. The first-order chi connectivity index (χ1) is 12.8. The Morgan fingerprint density at radius 3 is 2.67 bits per heavy atom. The van der Waals surface area contributed by atoms with Crippen molar-refractivity contribution in [2.45, 2.75) is 22.1 Å². The van der Waals surface area contributed by atoms with Crippen LogP contribution in [-0.2, 0) is 19.4 Å². The van der Waals surface area contributed by atoms with E-state index in [9.17, 15) is 22.7 Å². The number of carbonyl (C=O) groups is 1. The van der Waals surface area contributed by atoms with Crippen molar-refractivity contribution in [3.8, 4) is 5.75 Å². The van der Waals surface area contributed by atoms with E-state index in [1.54, 1.807) is 6.07 Å². The van der Waals surface area contributed by atoms with Crippen LogP contribution in [0.5, 0.6) is 5.75 Å².